The highest BCUT2D eigenvalue weighted by atomic mass is 35.5. The third-order valence-corrected chi connectivity index (χ3v) is 5.16. The van der Waals surface area contributed by atoms with Crippen LogP contribution in [0.25, 0.3) is 11.4 Å². The molecule has 2 aliphatic rings. The van der Waals surface area contributed by atoms with Gasteiger partial charge in [0.05, 0.1) is 18.0 Å². The number of aromatic nitrogens is 4. The van der Waals surface area contributed by atoms with Gasteiger partial charge in [-0.2, -0.15) is 10.1 Å². The van der Waals surface area contributed by atoms with Crippen molar-refractivity contribution in [3.8, 4) is 17.4 Å². The van der Waals surface area contributed by atoms with Crippen LogP contribution in [0.1, 0.15) is 41.4 Å². The number of nitrogens with one attached hydrogen (secondary N) is 1. The number of nitrogens with two attached hydrogens (primary N) is 1. The molecule has 0 unspecified atom stereocenters. The Hall–Kier alpha value is -2.19. The highest BCUT2D eigenvalue weighted by Crippen LogP contribution is 2.35. The van der Waals surface area contributed by atoms with Crippen molar-refractivity contribution in [2.45, 2.75) is 39.2 Å². The topological polar surface area (TPSA) is 108 Å². The van der Waals surface area contributed by atoms with Crippen molar-refractivity contribution in [1.82, 2.24) is 25.1 Å². The molecule has 1 aliphatic carbocycles. The average molecular weight is 393 g/mol. The summed E-state index contributed by atoms with van der Waals surface area (Å²) in [5.74, 6) is 0.0485. The molecular formula is C18H25ClN6O2. The normalized spacial score (nSPS) is 16.2. The van der Waals surface area contributed by atoms with Crippen LogP contribution in [0.3, 0.4) is 0 Å². The number of carbonyl (C=O) groups is 1. The second-order valence-electron chi connectivity index (χ2n) is 6.87. The van der Waals surface area contributed by atoms with Crippen LogP contribution in [0.4, 0.5) is 0 Å². The summed E-state index contributed by atoms with van der Waals surface area (Å²) in [5, 5.41) is 7.96. The molecule has 0 aromatic carbocycles. The fraction of sp³-hybridized carbons (Fsp3) is 0.556. The Balaban J connectivity index is 0.00000210. The lowest BCUT2D eigenvalue weighted by atomic mass is 9.92. The molecule has 146 valence electrons. The third kappa shape index (κ3) is 3.77. The second kappa shape index (κ2) is 8.22. The van der Waals surface area contributed by atoms with Crippen LogP contribution in [0, 0.1) is 5.92 Å². The van der Waals surface area contributed by atoms with Crippen LogP contribution < -0.4 is 15.8 Å². The van der Waals surface area contributed by atoms with E-state index in [9.17, 15) is 4.79 Å². The van der Waals surface area contributed by atoms with Gasteiger partial charge in [-0.25, -0.2) is 4.98 Å². The number of carbonyl (C=O) groups excluding carboxylic acids is 1. The molecule has 2 aromatic rings. The van der Waals surface area contributed by atoms with Crippen molar-refractivity contribution in [3.05, 3.63) is 23.0 Å². The molecule has 0 atom stereocenters. The van der Waals surface area contributed by atoms with Gasteiger partial charge in [-0.3, -0.25) is 9.48 Å². The highest BCUT2D eigenvalue weighted by Gasteiger charge is 2.30. The van der Waals surface area contributed by atoms with Gasteiger partial charge in [-0.1, -0.05) is 0 Å². The van der Waals surface area contributed by atoms with Gasteiger partial charge < -0.3 is 15.8 Å². The van der Waals surface area contributed by atoms with Gasteiger partial charge in [0.15, 0.2) is 5.69 Å². The lowest BCUT2D eigenvalue weighted by molar-refractivity contribution is 0.0993. The third-order valence-electron chi connectivity index (χ3n) is 5.16. The van der Waals surface area contributed by atoms with Gasteiger partial charge >= 0.3 is 6.01 Å². The standard InChI is InChI=1S/C18H24N6O2.ClH/c1-2-26-18-21-9-12-3-4-13-15(17(19)25)23-24(16(13)14(12)22-18)10-11-5-7-20-8-6-11;/h9,11,20H,2-8,10H2,1H3,(H2,19,25);1H. The smallest absolute Gasteiger partial charge is 0.316 e. The average Bonchev–Trinajstić information content (AvgIpc) is 3.02. The van der Waals surface area contributed by atoms with Gasteiger partial charge in [0.1, 0.15) is 0 Å². The number of rotatable bonds is 5. The maximum absolute atomic E-state index is 11.9. The predicted molar refractivity (Wildman–Crippen MR) is 103 cm³/mol. The van der Waals surface area contributed by atoms with Gasteiger partial charge in [0, 0.05) is 18.3 Å². The lowest BCUT2D eigenvalue weighted by Gasteiger charge is -2.24. The van der Waals surface area contributed by atoms with Crippen LogP contribution in [0.2, 0.25) is 0 Å². The Morgan fingerprint density at radius 1 is 1.37 bits per heavy atom. The van der Waals surface area contributed by atoms with E-state index in [2.05, 4.69) is 20.4 Å². The van der Waals surface area contributed by atoms with Gasteiger partial charge in [0.25, 0.3) is 5.91 Å². The SMILES string of the molecule is CCOc1ncc2c(n1)-c1c(c(C(N)=O)nn1CC1CCNCC1)CC2.Cl. The second-order valence-corrected chi connectivity index (χ2v) is 6.87. The zero-order chi connectivity index (χ0) is 18.1. The van der Waals surface area contributed by atoms with Crippen molar-refractivity contribution in [2.24, 2.45) is 11.7 Å². The van der Waals surface area contributed by atoms with Crippen molar-refractivity contribution >= 4 is 18.3 Å². The molecule has 9 heteroatoms. The van der Waals surface area contributed by atoms with Gasteiger partial charge in [-0.05, 0) is 57.2 Å². The molecule has 4 rings (SSSR count). The Kier molecular flexibility index (Phi) is 5.96. The van der Waals surface area contributed by atoms with Crippen molar-refractivity contribution in [1.29, 1.82) is 0 Å². The van der Waals surface area contributed by atoms with Gasteiger partial charge in [0.2, 0.25) is 0 Å². The molecule has 1 amide bonds. The summed E-state index contributed by atoms with van der Waals surface area (Å²) in [7, 11) is 0. The van der Waals surface area contributed by atoms with Gasteiger partial charge in [-0.15, -0.1) is 12.4 Å². The summed E-state index contributed by atoms with van der Waals surface area (Å²) in [6.45, 7) is 5.21. The Bertz CT molecular complexity index is 831. The molecule has 0 saturated carbocycles. The van der Waals surface area contributed by atoms with E-state index < -0.39 is 5.91 Å². The molecule has 1 aliphatic heterocycles. The van der Waals surface area contributed by atoms with E-state index in [4.69, 9.17) is 10.5 Å². The zero-order valence-corrected chi connectivity index (χ0v) is 16.2. The Morgan fingerprint density at radius 2 is 2.15 bits per heavy atom. The minimum atomic E-state index is -0.479. The van der Waals surface area contributed by atoms with E-state index >= 15 is 0 Å². The molecule has 1 fully saturated rings. The summed E-state index contributed by atoms with van der Waals surface area (Å²) in [5.41, 5.74) is 9.66. The molecule has 8 nitrogen and oxygen atoms in total. The Morgan fingerprint density at radius 3 is 2.85 bits per heavy atom. The molecule has 2 aromatic heterocycles. The quantitative estimate of drug-likeness (QED) is 0.795. The Labute approximate surface area is 164 Å². The summed E-state index contributed by atoms with van der Waals surface area (Å²) in [6, 6.07) is 0.356. The number of amides is 1. The van der Waals surface area contributed by atoms with Crippen molar-refractivity contribution in [2.75, 3.05) is 19.7 Å². The first kappa shape index (κ1) is 19.6. The fourth-order valence-corrected chi connectivity index (χ4v) is 3.88. The molecule has 0 spiro atoms. The number of fused-ring (bicyclic) bond motifs is 3. The maximum atomic E-state index is 11.9. The number of primary amides is 1. The molecule has 1 saturated heterocycles. The summed E-state index contributed by atoms with van der Waals surface area (Å²) in [6.07, 6.45) is 5.52. The molecule has 0 radical (unpaired) electrons. The maximum Gasteiger partial charge on any atom is 0.316 e. The van der Waals surface area contributed by atoms with Crippen LogP contribution in [0.15, 0.2) is 6.20 Å². The number of halogens is 1. The summed E-state index contributed by atoms with van der Waals surface area (Å²) in [4.78, 5) is 20.8. The van der Waals surface area contributed by atoms with E-state index in [1.807, 2.05) is 17.8 Å². The highest BCUT2D eigenvalue weighted by molar-refractivity contribution is 5.94. The minimum absolute atomic E-state index is 0. The number of hydrogen-bond acceptors (Lipinski definition) is 6. The predicted octanol–water partition coefficient (Wildman–Crippen LogP) is 1.36. The van der Waals surface area contributed by atoms with E-state index in [0.717, 1.165) is 67.8 Å². The van der Waals surface area contributed by atoms with E-state index in [1.165, 1.54) is 0 Å². The van der Waals surface area contributed by atoms with E-state index in [1.54, 1.807) is 0 Å². The van der Waals surface area contributed by atoms with E-state index in [-0.39, 0.29) is 12.4 Å². The largest absolute Gasteiger partial charge is 0.464 e. The zero-order valence-electron chi connectivity index (χ0n) is 15.4. The minimum Gasteiger partial charge on any atom is -0.464 e. The van der Waals surface area contributed by atoms with Crippen molar-refractivity contribution in [3.63, 3.8) is 0 Å². The first-order valence-electron chi connectivity index (χ1n) is 9.26. The molecule has 0 bridgehead atoms. The lowest BCUT2D eigenvalue weighted by Crippen LogP contribution is -2.30. The first-order valence-corrected chi connectivity index (χ1v) is 9.26. The molecule has 3 heterocycles. The number of hydrogen-bond donors (Lipinski definition) is 2. The number of piperidine rings is 1. The molecule has 27 heavy (non-hydrogen) atoms. The van der Waals surface area contributed by atoms with E-state index in [0.29, 0.717) is 24.2 Å². The van der Waals surface area contributed by atoms with Crippen LogP contribution in [0.5, 0.6) is 6.01 Å². The first-order chi connectivity index (χ1) is 12.7. The number of aryl methyl sites for hydroxylation is 1. The monoisotopic (exact) mass is 392 g/mol. The van der Waals surface area contributed by atoms with Crippen LogP contribution >= 0.6 is 12.4 Å². The molecular weight excluding hydrogens is 368 g/mol. The van der Waals surface area contributed by atoms with Crippen LogP contribution in [-0.4, -0.2) is 45.4 Å². The molecule has 3 N–H and O–H groups in total. The number of ether oxygens (including phenoxy) is 1. The number of nitrogens with zero attached hydrogens (tertiary/aromatic N) is 4. The fourth-order valence-electron chi connectivity index (χ4n) is 3.88. The summed E-state index contributed by atoms with van der Waals surface area (Å²) >= 11 is 0. The van der Waals surface area contributed by atoms with Crippen LogP contribution in [-0.2, 0) is 19.4 Å². The summed E-state index contributed by atoms with van der Waals surface area (Å²) < 4.78 is 7.42. The van der Waals surface area contributed by atoms with Crippen molar-refractivity contribution < 1.29 is 9.53 Å².